The van der Waals surface area contributed by atoms with E-state index < -0.39 is 0 Å². The van der Waals surface area contributed by atoms with Crippen LogP contribution in [-0.4, -0.2) is 0 Å². The molecule has 0 saturated heterocycles. The molecule has 0 atom stereocenters. The van der Waals surface area contributed by atoms with Gasteiger partial charge in [0.2, 0.25) is 0 Å². The molecule has 0 unspecified atom stereocenters. The number of hydrogen-bond acceptors (Lipinski definition) is 1. The number of halogens is 2. The summed E-state index contributed by atoms with van der Waals surface area (Å²) < 4.78 is 2.24. The van der Waals surface area contributed by atoms with Crippen LogP contribution in [0.4, 0.5) is 0 Å². The number of aryl methyl sites for hydroxylation is 2. The largest absolute Gasteiger partial charge is 1.00 e. The van der Waals surface area contributed by atoms with Crippen LogP contribution in [0.25, 0.3) is 0 Å². The lowest BCUT2D eigenvalue weighted by molar-refractivity contribution is -0.679. The molecule has 4 heteroatoms. The van der Waals surface area contributed by atoms with Crippen LogP contribution < -0.4 is 34.7 Å². The fraction of sp³-hybridized carbons (Fsp3) is 0.722. The van der Waals surface area contributed by atoms with Crippen molar-refractivity contribution in [1.82, 2.24) is 6.15 Å². The van der Waals surface area contributed by atoms with Crippen molar-refractivity contribution in [2.24, 2.45) is 7.05 Å². The first-order valence-corrected chi connectivity index (χ1v) is 8.28. The van der Waals surface area contributed by atoms with Gasteiger partial charge in [-0.05, 0) is 6.42 Å². The maximum absolute atomic E-state index is 2.28. The molecular weight excluding hydrogens is 498 g/mol. The first-order chi connectivity index (χ1) is 9.34. The van der Waals surface area contributed by atoms with E-state index in [0.717, 1.165) is 0 Å². The van der Waals surface area contributed by atoms with Gasteiger partial charge >= 0.3 is 0 Å². The Hall–Kier alpha value is 0.570. The minimum atomic E-state index is 0. The summed E-state index contributed by atoms with van der Waals surface area (Å²) in [5.74, 6) is 0. The Labute approximate surface area is 172 Å². The van der Waals surface area contributed by atoms with E-state index >= 15 is 0 Å². The minimum Gasteiger partial charge on any atom is -1.00 e. The van der Waals surface area contributed by atoms with E-state index in [1.807, 2.05) is 0 Å². The molecule has 1 aromatic rings. The smallest absolute Gasteiger partial charge is 0.181 e. The van der Waals surface area contributed by atoms with Crippen molar-refractivity contribution >= 4 is 24.0 Å². The molecule has 0 saturated carbocycles. The number of aromatic nitrogens is 1. The third-order valence-electron chi connectivity index (χ3n) is 3.95. The summed E-state index contributed by atoms with van der Waals surface area (Å²) in [6, 6.07) is 6.49. The van der Waals surface area contributed by atoms with Crippen LogP contribution in [-0.2, 0) is 13.5 Å². The zero-order valence-electron chi connectivity index (χ0n) is 14.5. The van der Waals surface area contributed by atoms with Crippen molar-refractivity contribution in [3.05, 3.63) is 30.1 Å². The molecular formula is C18H36I2N2. The first-order valence-electron chi connectivity index (χ1n) is 8.28. The molecule has 22 heavy (non-hydrogen) atoms. The monoisotopic (exact) mass is 534 g/mol. The molecule has 0 aromatic carbocycles. The lowest BCUT2D eigenvalue weighted by Gasteiger charge is -2.02. The van der Waals surface area contributed by atoms with Gasteiger partial charge in [-0.15, -0.1) is 24.0 Å². The molecule has 132 valence electrons. The predicted molar refractivity (Wildman–Crippen MR) is 104 cm³/mol. The molecule has 0 amide bonds. The van der Waals surface area contributed by atoms with Crippen molar-refractivity contribution in [2.45, 2.75) is 77.6 Å². The highest BCUT2D eigenvalue weighted by Gasteiger charge is 2.03. The molecule has 0 fully saturated rings. The van der Waals surface area contributed by atoms with E-state index in [-0.39, 0.29) is 54.1 Å². The van der Waals surface area contributed by atoms with E-state index in [0.29, 0.717) is 0 Å². The van der Waals surface area contributed by atoms with Gasteiger partial charge in [0.1, 0.15) is 7.05 Å². The van der Waals surface area contributed by atoms with Crippen LogP contribution in [0.15, 0.2) is 24.4 Å². The highest BCUT2D eigenvalue weighted by Crippen LogP contribution is 2.11. The van der Waals surface area contributed by atoms with Gasteiger partial charge in [0.25, 0.3) is 0 Å². The van der Waals surface area contributed by atoms with Crippen LogP contribution in [0.3, 0.4) is 0 Å². The standard InChI is InChI=1S/C18H32N.2HI.H3N/c1-3-4-5-6-7-8-9-10-11-12-15-18-16-13-14-17-19(18)2;;;/h13-14,16-17H,3-12,15H2,1-2H3;2*1H;1H3/q+1;;;/p-1. The Balaban J connectivity index is -0.00000120. The Morgan fingerprint density at radius 3 is 1.82 bits per heavy atom. The number of rotatable bonds is 11. The second kappa shape index (κ2) is 19.6. The molecule has 0 aliphatic carbocycles. The van der Waals surface area contributed by atoms with E-state index in [4.69, 9.17) is 0 Å². The molecule has 1 aromatic heterocycles. The lowest BCUT2D eigenvalue weighted by atomic mass is 10.1. The third kappa shape index (κ3) is 14.2. The molecule has 1 rings (SSSR count). The van der Waals surface area contributed by atoms with Crippen molar-refractivity contribution < 1.29 is 28.5 Å². The molecule has 0 aliphatic rings. The second-order valence-corrected chi connectivity index (χ2v) is 5.73. The number of hydrogen-bond donors (Lipinski definition) is 1. The van der Waals surface area contributed by atoms with E-state index in [1.54, 1.807) is 0 Å². The highest BCUT2D eigenvalue weighted by molar-refractivity contribution is 14.0. The minimum absolute atomic E-state index is 0. The van der Waals surface area contributed by atoms with Crippen LogP contribution in [0.1, 0.15) is 76.8 Å². The van der Waals surface area contributed by atoms with Crippen molar-refractivity contribution in [3.8, 4) is 0 Å². The highest BCUT2D eigenvalue weighted by atomic mass is 127. The van der Waals surface area contributed by atoms with Gasteiger partial charge in [-0.25, -0.2) is 4.57 Å². The Kier molecular flexibility index (Phi) is 24.4. The molecule has 0 bridgehead atoms. The zero-order valence-corrected chi connectivity index (χ0v) is 19.0. The topological polar surface area (TPSA) is 38.9 Å². The van der Waals surface area contributed by atoms with Crippen molar-refractivity contribution in [3.63, 3.8) is 0 Å². The number of pyridine rings is 1. The van der Waals surface area contributed by atoms with Gasteiger partial charge in [0, 0.05) is 18.6 Å². The predicted octanol–water partition coefficient (Wildman–Crippen LogP) is 2.76. The third-order valence-corrected chi connectivity index (χ3v) is 3.95. The SMILES string of the molecule is CCCCCCCCCCCCc1cccc[n+]1C.I.N.[I-]. The summed E-state index contributed by atoms with van der Waals surface area (Å²) in [5, 5.41) is 0. The van der Waals surface area contributed by atoms with Gasteiger partial charge in [-0.2, -0.15) is 0 Å². The average molecular weight is 534 g/mol. The number of nitrogens with zero attached hydrogens (tertiary/aromatic N) is 1. The molecule has 3 N–H and O–H groups in total. The van der Waals surface area contributed by atoms with Crippen LogP contribution in [0.2, 0.25) is 0 Å². The first kappa shape index (κ1) is 27.4. The zero-order chi connectivity index (χ0) is 13.8. The van der Waals surface area contributed by atoms with Crippen LogP contribution in [0.5, 0.6) is 0 Å². The fourth-order valence-electron chi connectivity index (χ4n) is 2.61. The summed E-state index contributed by atoms with van der Waals surface area (Å²) in [6.45, 7) is 2.28. The Morgan fingerprint density at radius 1 is 0.818 bits per heavy atom. The van der Waals surface area contributed by atoms with E-state index in [2.05, 4.69) is 42.9 Å². The van der Waals surface area contributed by atoms with Crippen molar-refractivity contribution in [2.75, 3.05) is 0 Å². The Morgan fingerprint density at radius 2 is 1.32 bits per heavy atom. The summed E-state index contributed by atoms with van der Waals surface area (Å²) in [7, 11) is 2.14. The van der Waals surface area contributed by atoms with Gasteiger partial charge < -0.3 is 30.1 Å². The van der Waals surface area contributed by atoms with E-state index in [1.165, 1.54) is 76.3 Å². The molecule has 1 heterocycles. The fourth-order valence-corrected chi connectivity index (χ4v) is 2.61. The number of unbranched alkanes of at least 4 members (excludes halogenated alkanes) is 9. The molecule has 0 spiro atoms. The quantitative estimate of drug-likeness (QED) is 0.265. The summed E-state index contributed by atoms with van der Waals surface area (Å²) in [4.78, 5) is 0. The average Bonchev–Trinajstić information content (AvgIpc) is 2.43. The van der Waals surface area contributed by atoms with Crippen LogP contribution >= 0.6 is 24.0 Å². The van der Waals surface area contributed by atoms with Gasteiger partial charge in [0.05, 0.1) is 0 Å². The maximum atomic E-state index is 2.28. The van der Waals surface area contributed by atoms with Crippen LogP contribution in [0, 0.1) is 0 Å². The van der Waals surface area contributed by atoms with Crippen molar-refractivity contribution in [1.29, 1.82) is 0 Å². The Bertz CT molecular complexity index is 333. The normalized spacial score (nSPS) is 9.36. The summed E-state index contributed by atoms with van der Waals surface area (Å²) in [5.41, 5.74) is 1.46. The summed E-state index contributed by atoms with van der Waals surface area (Å²) >= 11 is 0. The lowest BCUT2D eigenvalue weighted by Crippen LogP contribution is -3.00. The molecule has 0 aliphatic heterocycles. The molecule has 2 nitrogen and oxygen atoms in total. The maximum Gasteiger partial charge on any atom is 0.181 e. The van der Waals surface area contributed by atoms with Gasteiger partial charge in [-0.3, -0.25) is 0 Å². The summed E-state index contributed by atoms with van der Waals surface area (Å²) in [6.07, 6.45) is 17.5. The van der Waals surface area contributed by atoms with E-state index in [9.17, 15) is 0 Å². The second-order valence-electron chi connectivity index (χ2n) is 5.73. The van der Waals surface area contributed by atoms with Gasteiger partial charge in [0.15, 0.2) is 11.9 Å². The molecule has 0 radical (unpaired) electrons. The van der Waals surface area contributed by atoms with Gasteiger partial charge in [-0.1, -0.05) is 70.8 Å².